The molecule has 2 rings (SSSR count). The Morgan fingerprint density at radius 3 is 2.70 bits per heavy atom. The lowest BCUT2D eigenvalue weighted by atomic mass is 10.1. The van der Waals surface area contributed by atoms with E-state index in [9.17, 15) is 18.3 Å². The Hall–Kier alpha value is -1.65. The van der Waals surface area contributed by atoms with E-state index < -0.39 is 20.5 Å². The molecule has 2 aromatic rings. The zero-order valence-corrected chi connectivity index (χ0v) is 15.0. The molecule has 23 heavy (non-hydrogen) atoms. The van der Waals surface area contributed by atoms with Crippen LogP contribution in [-0.4, -0.2) is 33.9 Å². The molecule has 0 amide bonds. The first-order chi connectivity index (χ1) is 10.5. The van der Waals surface area contributed by atoms with E-state index in [1.807, 2.05) is 0 Å². The number of H-pyrrole nitrogens is 1. The lowest BCUT2D eigenvalue weighted by molar-refractivity contribution is 0.0571. The summed E-state index contributed by atoms with van der Waals surface area (Å²) < 4.78 is 29.0. The fourth-order valence-electron chi connectivity index (χ4n) is 2.06. The van der Waals surface area contributed by atoms with Gasteiger partial charge in [0.05, 0.1) is 29.7 Å². The van der Waals surface area contributed by atoms with Gasteiger partial charge in [-0.25, -0.2) is 8.42 Å². The highest BCUT2D eigenvalue weighted by molar-refractivity contribution is 7.94. The van der Waals surface area contributed by atoms with Gasteiger partial charge in [0, 0.05) is 5.69 Å². The predicted octanol–water partition coefficient (Wildman–Crippen LogP) is 1.08. The van der Waals surface area contributed by atoms with Crippen molar-refractivity contribution in [3.63, 3.8) is 0 Å². The first-order valence-corrected chi connectivity index (χ1v) is 9.33. The van der Waals surface area contributed by atoms with Crippen molar-refractivity contribution in [2.45, 2.75) is 50.5 Å². The molecule has 0 aliphatic heterocycles. The molecular formula is C13H20N4O4S2. The van der Waals surface area contributed by atoms with Crippen LogP contribution >= 0.6 is 11.3 Å². The van der Waals surface area contributed by atoms with Crippen LogP contribution < -0.4 is 9.60 Å². The van der Waals surface area contributed by atoms with Crippen molar-refractivity contribution in [2.24, 2.45) is 0 Å². The predicted molar refractivity (Wildman–Crippen MR) is 88.4 cm³/mol. The van der Waals surface area contributed by atoms with Crippen LogP contribution in [0.2, 0.25) is 0 Å². The number of anilines is 1. The van der Waals surface area contributed by atoms with Crippen molar-refractivity contribution in [3.8, 4) is 0 Å². The van der Waals surface area contributed by atoms with Crippen molar-refractivity contribution in [2.75, 3.05) is 4.72 Å². The number of hydrogen-bond donors (Lipinski definition) is 3. The average Bonchev–Trinajstić information content (AvgIpc) is 2.94. The van der Waals surface area contributed by atoms with E-state index in [1.165, 1.54) is 10.9 Å². The van der Waals surface area contributed by atoms with Gasteiger partial charge >= 0.3 is 4.87 Å². The molecule has 0 saturated heterocycles. The highest BCUT2D eigenvalue weighted by atomic mass is 32.2. The molecule has 10 heteroatoms. The fourth-order valence-corrected chi connectivity index (χ4v) is 4.61. The number of rotatable bonds is 6. The van der Waals surface area contributed by atoms with E-state index in [2.05, 4.69) is 14.8 Å². The monoisotopic (exact) mass is 360 g/mol. The van der Waals surface area contributed by atoms with Crippen molar-refractivity contribution in [1.29, 1.82) is 0 Å². The summed E-state index contributed by atoms with van der Waals surface area (Å²) in [6, 6.07) is 0. The van der Waals surface area contributed by atoms with Gasteiger partial charge in [0.15, 0.2) is 4.21 Å². The van der Waals surface area contributed by atoms with Crippen LogP contribution in [0.15, 0.2) is 15.2 Å². The largest absolute Gasteiger partial charge is 0.389 e. The minimum atomic E-state index is -3.87. The maximum atomic E-state index is 12.5. The highest BCUT2D eigenvalue weighted by Crippen LogP contribution is 2.23. The minimum absolute atomic E-state index is 0.0142. The summed E-state index contributed by atoms with van der Waals surface area (Å²) in [6.45, 7) is 6.99. The molecular weight excluding hydrogens is 340 g/mol. The number of nitrogens with one attached hydrogen (secondary N) is 2. The zero-order chi connectivity index (χ0) is 17.4. The van der Waals surface area contributed by atoms with Gasteiger partial charge < -0.3 is 10.1 Å². The van der Waals surface area contributed by atoms with Crippen molar-refractivity contribution >= 4 is 27.0 Å². The number of aromatic amines is 1. The van der Waals surface area contributed by atoms with Crippen LogP contribution in [0.4, 0.5) is 5.69 Å². The first kappa shape index (κ1) is 17.7. The van der Waals surface area contributed by atoms with Gasteiger partial charge in [-0.1, -0.05) is 18.3 Å². The molecule has 0 aromatic carbocycles. The third-order valence-electron chi connectivity index (χ3n) is 3.17. The number of thiazole rings is 1. The zero-order valence-electron chi connectivity index (χ0n) is 13.4. The number of aryl methyl sites for hydroxylation is 1. The lowest BCUT2D eigenvalue weighted by Gasteiger charge is -2.18. The van der Waals surface area contributed by atoms with Crippen LogP contribution in [0.1, 0.15) is 32.2 Å². The Morgan fingerprint density at radius 1 is 1.48 bits per heavy atom. The Balaban J connectivity index is 2.33. The third-order valence-corrected chi connectivity index (χ3v) is 6.02. The molecule has 0 spiro atoms. The summed E-state index contributed by atoms with van der Waals surface area (Å²) in [5.74, 6) is 0. The summed E-state index contributed by atoms with van der Waals surface area (Å²) >= 11 is 0.659. The second kappa shape index (κ2) is 6.10. The molecule has 3 N–H and O–H groups in total. The van der Waals surface area contributed by atoms with Crippen LogP contribution in [0.25, 0.3) is 0 Å². The number of nitrogens with zero attached hydrogens (tertiary/aromatic N) is 2. The Kier molecular flexibility index (Phi) is 4.69. The second-order valence-electron chi connectivity index (χ2n) is 5.85. The summed E-state index contributed by atoms with van der Waals surface area (Å²) in [6.07, 6.45) is 1.80. The maximum Gasteiger partial charge on any atom is 0.306 e. The number of hydrogen-bond acceptors (Lipinski definition) is 6. The summed E-state index contributed by atoms with van der Waals surface area (Å²) in [4.78, 5) is 13.5. The first-order valence-electron chi connectivity index (χ1n) is 7.03. The number of aliphatic hydroxyl groups is 1. The third kappa shape index (κ3) is 4.01. The molecule has 0 fully saturated rings. The molecule has 2 heterocycles. The fraction of sp³-hybridized carbons (Fsp3) is 0.538. The smallest absolute Gasteiger partial charge is 0.306 e. The molecule has 0 saturated carbocycles. The van der Waals surface area contributed by atoms with Crippen molar-refractivity contribution < 1.29 is 13.5 Å². The standard InChI is InChI=1S/C13H20N4O4S2/c1-5-9-11(22-12(18)15-9)23(20,21)16-10-6-14-17(8(10)2)7-13(3,4)19/h6,16,19H,5,7H2,1-4H3,(H,15,18). The Morgan fingerprint density at radius 2 is 2.13 bits per heavy atom. The summed E-state index contributed by atoms with van der Waals surface area (Å²) in [7, 11) is -3.87. The van der Waals surface area contributed by atoms with E-state index in [0.717, 1.165) is 0 Å². The maximum absolute atomic E-state index is 12.5. The second-order valence-corrected chi connectivity index (χ2v) is 8.71. The van der Waals surface area contributed by atoms with Gasteiger partial charge in [0.1, 0.15) is 0 Å². The van der Waals surface area contributed by atoms with E-state index in [4.69, 9.17) is 0 Å². The average molecular weight is 360 g/mol. The Bertz CT molecular complexity index is 855. The molecule has 0 unspecified atom stereocenters. The van der Waals surface area contributed by atoms with Gasteiger partial charge in [-0.05, 0) is 27.2 Å². The van der Waals surface area contributed by atoms with Crippen LogP contribution in [0.5, 0.6) is 0 Å². The van der Waals surface area contributed by atoms with E-state index in [0.29, 0.717) is 34.8 Å². The van der Waals surface area contributed by atoms with Gasteiger partial charge in [-0.2, -0.15) is 5.10 Å². The molecule has 0 radical (unpaired) electrons. The molecule has 0 aliphatic carbocycles. The van der Waals surface area contributed by atoms with Crippen LogP contribution in [0.3, 0.4) is 0 Å². The van der Waals surface area contributed by atoms with Gasteiger partial charge in [0.2, 0.25) is 0 Å². The van der Waals surface area contributed by atoms with Crippen LogP contribution in [0, 0.1) is 6.92 Å². The SMILES string of the molecule is CCc1[nH]c(=O)sc1S(=O)(=O)Nc1cnn(CC(C)(C)O)c1C. The topological polar surface area (TPSA) is 117 Å². The van der Waals surface area contributed by atoms with Crippen LogP contribution in [-0.2, 0) is 23.0 Å². The highest BCUT2D eigenvalue weighted by Gasteiger charge is 2.24. The van der Waals surface area contributed by atoms with Crippen molar-refractivity contribution in [3.05, 3.63) is 27.3 Å². The number of aromatic nitrogens is 3. The molecule has 0 aliphatic rings. The van der Waals surface area contributed by atoms with Gasteiger partial charge in [-0.15, -0.1) is 0 Å². The van der Waals surface area contributed by atoms with Gasteiger partial charge in [0.25, 0.3) is 10.0 Å². The lowest BCUT2D eigenvalue weighted by Crippen LogP contribution is -2.27. The summed E-state index contributed by atoms with van der Waals surface area (Å²) in [5.41, 5.74) is 0.311. The molecule has 8 nitrogen and oxygen atoms in total. The van der Waals surface area contributed by atoms with E-state index >= 15 is 0 Å². The molecule has 0 atom stereocenters. The van der Waals surface area contributed by atoms with Crippen molar-refractivity contribution in [1.82, 2.24) is 14.8 Å². The van der Waals surface area contributed by atoms with E-state index in [1.54, 1.807) is 27.7 Å². The number of sulfonamides is 1. The van der Waals surface area contributed by atoms with E-state index in [-0.39, 0.29) is 10.8 Å². The molecule has 0 bridgehead atoms. The van der Waals surface area contributed by atoms with Gasteiger partial charge in [-0.3, -0.25) is 14.2 Å². The normalized spacial score (nSPS) is 12.6. The molecule has 128 valence electrons. The summed E-state index contributed by atoms with van der Waals surface area (Å²) in [5, 5.41) is 13.9. The Labute approximate surface area is 138 Å². The minimum Gasteiger partial charge on any atom is -0.389 e. The molecule has 2 aromatic heterocycles. The quantitative estimate of drug-likeness (QED) is 0.712.